The van der Waals surface area contributed by atoms with Gasteiger partial charge in [0.1, 0.15) is 0 Å². The molecule has 0 aliphatic heterocycles. The van der Waals surface area contributed by atoms with Crippen molar-refractivity contribution < 1.29 is 19.4 Å². The molecule has 4 nitrogen and oxygen atoms in total. The molecule has 1 aromatic carbocycles. The van der Waals surface area contributed by atoms with Gasteiger partial charge in [-0.3, -0.25) is 9.36 Å². The summed E-state index contributed by atoms with van der Waals surface area (Å²) in [5, 5.41) is 12.9. The normalized spacial score (nSPS) is 15.6. The molecule has 0 aliphatic rings. The van der Waals surface area contributed by atoms with E-state index in [-0.39, 0.29) is 0 Å². The lowest BCUT2D eigenvalue weighted by molar-refractivity contribution is -0.138. The third-order valence-corrected chi connectivity index (χ3v) is 4.83. The van der Waals surface area contributed by atoms with Crippen LogP contribution in [0.4, 0.5) is 0 Å². The monoisotopic (exact) mass is 296 g/mol. The number of hydrogen-bond acceptors (Lipinski definition) is 3. The molecule has 0 aliphatic carbocycles. The number of carboxylic acids is 1. The van der Waals surface area contributed by atoms with Gasteiger partial charge in [-0.2, -0.15) is 11.3 Å². The maximum atomic E-state index is 11.6. The van der Waals surface area contributed by atoms with Crippen LogP contribution in [0, 0.1) is 0 Å². The van der Waals surface area contributed by atoms with E-state index < -0.39 is 25.6 Å². The Morgan fingerprint density at radius 2 is 1.84 bits per heavy atom. The van der Waals surface area contributed by atoms with Gasteiger partial charge in [0.25, 0.3) is 0 Å². The summed E-state index contributed by atoms with van der Waals surface area (Å²) in [4.78, 5) is 21.1. The minimum Gasteiger partial charge on any atom is -0.481 e. The van der Waals surface area contributed by atoms with Crippen molar-refractivity contribution in [2.24, 2.45) is 0 Å². The molecule has 3 unspecified atom stereocenters. The number of hydrogen-bond donors (Lipinski definition) is 2. The first-order chi connectivity index (χ1) is 9.11. The Balaban J connectivity index is 2.48. The summed E-state index contributed by atoms with van der Waals surface area (Å²) in [6.45, 7) is 0. The second-order valence-electron chi connectivity index (χ2n) is 4.10. The van der Waals surface area contributed by atoms with Crippen molar-refractivity contribution in [3.8, 4) is 0 Å². The summed E-state index contributed by atoms with van der Waals surface area (Å²) in [6, 6.07) is 10.3. The summed E-state index contributed by atoms with van der Waals surface area (Å²) in [5.41, 5.74) is 0.252. The highest BCUT2D eigenvalue weighted by molar-refractivity contribution is 7.38. The zero-order valence-electron chi connectivity index (χ0n) is 9.89. The molecule has 3 atom stereocenters. The number of aliphatic carboxylic acids is 1. The smallest absolute Gasteiger partial charge is 0.312 e. The number of carbonyl (C=O) groups is 1. The largest absolute Gasteiger partial charge is 0.481 e. The molecule has 6 heteroatoms. The Labute approximate surface area is 115 Å². The summed E-state index contributed by atoms with van der Waals surface area (Å²) in [5.74, 6) is -2.10. The van der Waals surface area contributed by atoms with Crippen LogP contribution in [0.1, 0.15) is 22.7 Å². The van der Waals surface area contributed by atoms with Gasteiger partial charge in [-0.05, 0) is 28.0 Å². The number of thiophene rings is 1. The zero-order valence-corrected chi connectivity index (χ0v) is 11.7. The quantitative estimate of drug-likeness (QED) is 0.831. The second-order valence-corrected chi connectivity index (χ2v) is 6.18. The van der Waals surface area contributed by atoms with Gasteiger partial charge < -0.3 is 10.00 Å². The molecule has 0 amide bonds. The molecule has 1 aromatic heterocycles. The Morgan fingerprint density at radius 3 is 2.32 bits per heavy atom. The molecular formula is C13H13O4PS. The number of carboxylic acid groups (broad SMARTS) is 1. The van der Waals surface area contributed by atoms with Crippen molar-refractivity contribution in [1.82, 2.24) is 0 Å². The summed E-state index contributed by atoms with van der Waals surface area (Å²) >= 11 is 1.38. The molecule has 0 bridgehead atoms. The lowest BCUT2D eigenvalue weighted by atomic mass is 9.92. The van der Waals surface area contributed by atoms with Crippen LogP contribution in [0.5, 0.6) is 0 Å². The Hall–Kier alpha value is -1.42. The second kappa shape index (κ2) is 6.15. The average Bonchev–Trinajstić information content (AvgIpc) is 2.89. The van der Waals surface area contributed by atoms with E-state index in [1.165, 1.54) is 11.3 Å². The molecule has 1 heterocycles. The predicted molar refractivity (Wildman–Crippen MR) is 75.1 cm³/mol. The molecule has 0 fully saturated rings. The summed E-state index contributed by atoms with van der Waals surface area (Å²) in [7, 11) is -3.01. The van der Waals surface area contributed by atoms with Gasteiger partial charge in [0.15, 0.2) is 8.03 Å². The maximum absolute atomic E-state index is 11.6. The molecule has 0 saturated heterocycles. The van der Waals surface area contributed by atoms with Crippen LogP contribution < -0.4 is 0 Å². The van der Waals surface area contributed by atoms with Crippen molar-refractivity contribution in [1.29, 1.82) is 0 Å². The van der Waals surface area contributed by atoms with E-state index in [0.717, 1.165) is 0 Å². The molecular weight excluding hydrogens is 283 g/mol. The van der Waals surface area contributed by atoms with E-state index in [1.54, 1.807) is 47.2 Å². The van der Waals surface area contributed by atoms with Gasteiger partial charge in [-0.15, -0.1) is 0 Å². The van der Waals surface area contributed by atoms with Crippen LogP contribution in [0.15, 0.2) is 47.2 Å². The van der Waals surface area contributed by atoms with Gasteiger partial charge in [-0.25, -0.2) is 0 Å². The first-order valence-electron chi connectivity index (χ1n) is 5.64. The van der Waals surface area contributed by atoms with Gasteiger partial charge in [0.2, 0.25) is 0 Å². The average molecular weight is 296 g/mol. The molecule has 0 radical (unpaired) electrons. The fraction of sp³-hybridized carbons (Fsp3) is 0.154. The fourth-order valence-electron chi connectivity index (χ4n) is 2.07. The third kappa shape index (κ3) is 3.13. The van der Waals surface area contributed by atoms with Crippen LogP contribution in [-0.4, -0.2) is 16.0 Å². The van der Waals surface area contributed by atoms with E-state index in [0.29, 0.717) is 11.1 Å². The Morgan fingerprint density at radius 1 is 1.16 bits per heavy atom. The standard InChI is InChI=1S/C13H13O4PS/c14-13(15)11(9-4-2-1-3-5-9)12(18(16)17)10-6-7-19-8-10/h1-8,11-12,18H,(H,14,15)(H,16,17). The molecule has 0 saturated carbocycles. The van der Waals surface area contributed by atoms with Crippen LogP contribution in [0.2, 0.25) is 0 Å². The van der Waals surface area contributed by atoms with Crippen molar-refractivity contribution >= 4 is 25.3 Å². The topological polar surface area (TPSA) is 74.6 Å². The summed E-state index contributed by atoms with van der Waals surface area (Å²) in [6.07, 6.45) is 0. The molecule has 100 valence electrons. The van der Waals surface area contributed by atoms with Crippen molar-refractivity contribution in [2.45, 2.75) is 11.6 Å². The predicted octanol–water partition coefficient (Wildman–Crippen LogP) is 3.12. The summed E-state index contributed by atoms with van der Waals surface area (Å²) < 4.78 is 11.6. The van der Waals surface area contributed by atoms with Crippen LogP contribution in [0.25, 0.3) is 0 Å². The molecule has 2 rings (SSSR count). The molecule has 2 aromatic rings. The van der Waals surface area contributed by atoms with E-state index in [4.69, 9.17) is 0 Å². The van der Waals surface area contributed by atoms with Gasteiger partial charge >= 0.3 is 5.97 Å². The first kappa shape index (κ1) is 14.0. The number of benzene rings is 1. The fourth-order valence-corrected chi connectivity index (χ4v) is 3.97. The molecule has 19 heavy (non-hydrogen) atoms. The highest BCUT2D eigenvalue weighted by atomic mass is 32.1. The van der Waals surface area contributed by atoms with Gasteiger partial charge in [-0.1, -0.05) is 30.3 Å². The van der Waals surface area contributed by atoms with Crippen molar-refractivity contribution in [2.75, 3.05) is 0 Å². The van der Waals surface area contributed by atoms with E-state index >= 15 is 0 Å². The van der Waals surface area contributed by atoms with Gasteiger partial charge in [0.05, 0.1) is 11.6 Å². The Bertz CT molecular complexity index is 568. The van der Waals surface area contributed by atoms with Crippen molar-refractivity contribution in [3.05, 3.63) is 58.3 Å². The molecule has 0 spiro atoms. The first-order valence-corrected chi connectivity index (χ1v) is 8.01. The SMILES string of the molecule is O=C(O)C(c1ccccc1)C(c1ccsc1)[PH](=O)O. The van der Waals surface area contributed by atoms with E-state index in [1.807, 2.05) is 0 Å². The Kier molecular flexibility index (Phi) is 4.53. The lowest BCUT2D eigenvalue weighted by Gasteiger charge is -2.21. The maximum Gasteiger partial charge on any atom is 0.312 e. The molecule has 2 N–H and O–H groups in total. The lowest BCUT2D eigenvalue weighted by Crippen LogP contribution is -2.18. The van der Waals surface area contributed by atoms with Crippen LogP contribution in [0.3, 0.4) is 0 Å². The number of rotatable bonds is 5. The van der Waals surface area contributed by atoms with Gasteiger partial charge in [0, 0.05) is 0 Å². The zero-order chi connectivity index (χ0) is 13.8. The van der Waals surface area contributed by atoms with Crippen LogP contribution >= 0.6 is 19.4 Å². The highest BCUT2D eigenvalue weighted by Crippen LogP contribution is 2.48. The minimum absolute atomic E-state index is 0.540. The minimum atomic E-state index is -3.01. The van der Waals surface area contributed by atoms with Crippen molar-refractivity contribution in [3.63, 3.8) is 0 Å². The third-order valence-electron chi connectivity index (χ3n) is 2.93. The van der Waals surface area contributed by atoms with Crippen LogP contribution in [-0.2, 0) is 9.36 Å². The highest BCUT2D eigenvalue weighted by Gasteiger charge is 2.34. The van der Waals surface area contributed by atoms with E-state index in [9.17, 15) is 19.4 Å². The van der Waals surface area contributed by atoms with E-state index in [2.05, 4.69) is 0 Å².